The topological polar surface area (TPSA) is 65.7 Å². The number of nitrogens with one attached hydrogen (secondary N) is 2. The third-order valence-electron chi connectivity index (χ3n) is 3.00. The summed E-state index contributed by atoms with van der Waals surface area (Å²) in [5, 5.41) is 5.85. The standard InChI is InChI=1S/C14H20FN5/c1-20(2)10-8-14(16)7-9-17-13(19-14)18-12-6-4-3-5-11(12)15/h3-7,9H,8,10,16H2,1-2H3,(H2,17,18,19). The van der Waals surface area contributed by atoms with E-state index in [0.717, 1.165) is 6.54 Å². The Morgan fingerprint density at radius 2 is 2.15 bits per heavy atom. The Balaban J connectivity index is 2.09. The number of aliphatic imine (C=N–C) groups is 1. The van der Waals surface area contributed by atoms with Gasteiger partial charge in [-0.3, -0.25) is 0 Å². The summed E-state index contributed by atoms with van der Waals surface area (Å²) in [6.45, 7) is 0.817. The average Bonchev–Trinajstić information content (AvgIpc) is 2.40. The Morgan fingerprint density at radius 1 is 1.40 bits per heavy atom. The van der Waals surface area contributed by atoms with Crippen molar-refractivity contribution in [1.82, 2.24) is 10.2 Å². The van der Waals surface area contributed by atoms with Gasteiger partial charge < -0.3 is 21.3 Å². The van der Waals surface area contributed by atoms with Crippen LogP contribution in [0.1, 0.15) is 6.42 Å². The highest BCUT2D eigenvalue weighted by atomic mass is 19.1. The Hall–Kier alpha value is -1.92. The van der Waals surface area contributed by atoms with E-state index in [1.807, 2.05) is 25.1 Å². The molecule has 0 bridgehead atoms. The van der Waals surface area contributed by atoms with E-state index in [1.54, 1.807) is 24.4 Å². The van der Waals surface area contributed by atoms with Crippen molar-refractivity contribution in [2.24, 2.45) is 10.7 Å². The quantitative estimate of drug-likeness (QED) is 0.776. The Labute approximate surface area is 118 Å². The lowest BCUT2D eigenvalue weighted by Gasteiger charge is -2.27. The number of benzene rings is 1. The van der Waals surface area contributed by atoms with Crippen LogP contribution in [0.2, 0.25) is 0 Å². The van der Waals surface area contributed by atoms with Crippen LogP contribution < -0.4 is 16.4 Å². The van der Waals surface area contributed by atoms with E-state index in [9.17, 15) is 4.39 Å². The Kier molecular flexibility index (Phi) is 4.36. The van der Waals surface area contributed by atoms with Crippen molar-refractivity contribution in [2.75, 3.05) is 26.0 Å². The molecule has 6 heteroatoms. The molecule has 0 saturated heterocycles. The predicted molar refractivity (Wildman–Crippen MR) is 79.8 cm³/mol. The first-order valence-corrected chi connectivity index (χ1v) is 6.48. The maximum absolute atomic E-state index is 13.6. The van der Waals surface area contributed by atoms with Crippen LogP contribution in [0, 0.1) is 5.82 Å². The first-order valence-electron chi connectivity index (χ1n) is 6.48. The van der Waals surface area contributed by atoms with E-state index < -0.39 is 5.66 Å². The second-order valence-corrected chi connectivity index (χ2v) is 5.09. The minimum Gasteiger partial charge on any atom is -0.333 e. The molecule has 1 unspecified atom stereocenters. The van der Waals surface area contributed by atoms with Gasteiger partial charge in [0.15, 0.2) is 0 Å². The minimum atomic E-state index is -0.775. The molecule has 20 heavy (non-hydrogen) atoms. The van der Waals surface area contributed by atoms with Crippen LogP contribution in [0.3, 0.4) is 0 Å². The van der Waals surface area contributed by atoms with E-state index in [1.165, 1.54) is 6.07 Å². The molecule has 2 rings (SSSR count). The highest BCUT2D eigenvalue weighted by Crippen LogP contribution is 2.17. The number of halogens is 1. The van der Waals surface area contributed by atoms with Crippen molar-refractivity contribution in [1.29, 1.82) is 0 Å². The van der Waals surface area contributed by atoms with Crippen molar-refractivity contribution in [2.45, 2.75) is 12.1 Å². The summed E-state index contributed by atoms with van der Waals surface area (Å²) < 4.78 is 13.6. The number of rotatable bonds is 4. The van der Waals surface area contributed by atoms with Crippen LogP contribution >= 0.6 is 0 Å². The van der Waals surface area contributed by atoms with Crippen LogP contribution in [0.25, 0.3) is 0 Å². The summed E-state index contributed by atoms with van der Waals surface area (Å²) in [6.07, 6.45) is 4.22. The fourth-order valence-electron chi connectivity index (χ4n) is 1.84. The van der Waals surface area contributed by atoms with Gasteiger partial charge in [0.05, 0.1) is 5.69 Å². The zero-order valence-corrected chi connectivity index (χ0v) is 11.7. The molecule has 0 fully saturated rings. The zero-order valence-electron chi connectivity index (χ0n) is 11.7. The molecule has 1 aromatic rings. The molecule has 1 aliphatic heterocycles. The monoisotopic (exact) mass is 277 g/mol. The Morgan fingerprint density at radius 3 is 2.85 bits per heavy atom. The molecular weight excluding hydrogens is 257 g/mol. The van der Waals surface area contributed by atoms with Crippen LogP contribution in [0.4, 0.5) is 10.1 Å². The SMILES string of the molecule is CN(C)CCC1(N)C=CNC(Nc2ccccc2F)=N1. The number of nitrogens with two attached hydrogens (primary N) is 1. The molecule has 0 aromatic heterocycles. The molecule has 1 atom stereocenters. The van der Waals surface area contributed by atoms with Crippen molar-refractivity contribution in [3.05, 3.63) is 42.4 Å². The van der Waals surface area contributed by atoms with E-state index in [2.05, 4.69) is 15.6 Å². The summed E-state index contributed by atoms with van der Waals surface area (Å²) in [4.78, 5) is 6.46. The fraction of sp³-hybridized carbons (Fsp3) is 0.357. The Bertz CT molecular complexity index is 526. The molecule has 0 aliphatic carbocycles. The van der Waals surface area contributed by atoms with E-state index in [-0.39, 0.29) is 5.82 Å². The molecule has 0 spiro atoms. The lowest BCUT2D eigenvalue weighted by Crippen LogP contribution is -2.45. The number of para-hydroxylation sites is 1. The molecule has 0 amide bonds. The summed E-state index contributed by atoms with van der Waals surface area (Å²) in [5.74, 6) is 0.112. The maximum Gasteiger partial charge on any atom is 0.202 e. The highest BCUT2D eigenvalue weighted by Gasteiger charge is 2.24. The van der Waals surface area contributed by atoms with Crippen LogP contribution in [-0.2, 0) is 0 Å². The van der Waals surface area contributed by atoms with Crippen molar-refractivity contribution in [3.8, 4) is 0 Å². The lowest BCUT2D eigenvalue weighted by atomic mass is 10.1. The van der Waals surface area contributed by atoms with Crippen LogP contribution in [-0.4, -0.2) is 37.2 Å². The van der Waals surface area contributed by atoms with Gasteiger partial charge >= 0.3 is 0 Å². The van der Waals surface area contributed by atoms with Crippen molar-refractivity contribution in [3.63, 3.8) is 0 Å². The van der Waals surface area contributed by atoms with Gasteiger partial charge in [0.1, 0.15) is 11.5 Å². The molecule has 0 saturated carbocycles. The van der Waals surface area contributed by atoms with Crippen molar-refractivity contribution < 1.29 is 4.39 Å². The molecule has 4 N–H and O–H groups in total. The van der Waals surface area contributed by atoms with E-state index in [0.29, 0.717) is 18.1 Å². The third-order valence-corrected chi connectivity index (χ3v) is 3.00. The predicted octanol–water partition coefficient (Wildman–Crippen LogP) is 1.32. The number of hydrogen-bond donors (Lipinski definition) is 3. The van der Waals surface area contributed by atoms with E-state index in [4.69, 9.17) is 5.73 Å². The number of hydrogen-bond acceptors (Lipinski definition) is 5. The van der Waals surface area contributed by atoms with Gasteiger partial charge in [0, 0.05) is 19.2 Å². The molecule has 1 heterocycles. The first-order chi connectivity index (χ1) is 9.48. The molecule has 5 nitrogen and oxygen atoms in total. The largest absolute Gasteiger partial charge is 0.333 e. The summed E-state index contributed by atoms with van der Waals surface area (Å²) >= 11 is 0. The zero-order chi connectivity index (χ0) is 14.6. The smallest absolute Gasteiger partial charge is 0.202 e. The maximum atomic E-state index is 13.6. The number of nitrogens with zero attached hydrogens (tertiary/aromatic N) is 2. The van der Waals surface area contributed by atoms with Gasteiger partial charge in [-0.05, 0) is 32.3 Å². The minimum absolute atomic E-state index is 0.331. The van der Waals surface area contributed by atoms with Gasteiger partial charge in [0.25, 0.3) is 0 Å². The average molecular weight is 277 g/mol. The van der Waals surface area contributed by atoms with Crippen LogP contribution in [0.5, 0.6) is 0 Å². The lowest BCUT2D eigenvalue weighted by molar-refractivity contribution is 0.352. The summed E-state index contributed by atoms with van der Waals surface area (Å²) in [5.41, 5.74) is 5.80. The van der Waals surface area contributed by atoms with Gasteiger partial charge in [-0.1, -0.05) is 12.1 Å². The highest BCUT2D eigenvalue weighted by molar-refractivity contribution is 5.95. The second-order valence-electron chi connectivity index (χ2n) is 5.09. The van der Waals surface area contributed by atoms with E-state index >= 15 is 0 Å². The fourth-order valence-corrected chi connectivity index (χ4v) is 1.84. The normalized spacial score (nSPS) is 21.6. The summed E-state index contributed by atoms with van der Waals surface area (Å²) in [7, 11) is 3.97. The number of anilines is 1. The molecule has 1 aromatic carbocycles. The van der Waals surface area contributed by atoms with Gasteiger partial charge in [-0.15, -0.1) is 0 Å². The van der Waals surface area contributed by atoms with Gasteiger partial charge in [-0.25, -0.2) is 9.38 Å². The summed E-state index contributed by atoms with van der Waals surface area (Å²) in [6, 6.07) is 6.44. The van der Waals surface area contributed by atoms with Crippen LogP contribution in [0.15, 0.2) is 41.5 Å². The molecule has 1 aliphatic rings. The first kappa shape index (κ1) is 14.5. The number of guanidine groups is 1. The van der Waals surface area contributed by atoms with Gasteiger partial charge in [-0.2, -0.15) is 0 Å². The molecule has 108 valence electrons. The van der Waals surface area contributed by atoms with Gasteiger partial charge in [0.2, 0.25) is 5.96 Å². The second kappa shape index (κ2) is 6.02. The molecule has 0 radical (unpaired) electrons. The third kappa shape index (κ3) is 3.79. The molecular formula is C14H20FN5. The van der Waals surface area contributed by atoms with Crippen molar-refractivity contribution >= 4 is 11.6 Å².